The smallest absolute Gasteiger partial charge is 0.289 e. The average molecular weight is 362 g/mol. The van der Waals surface area contributed by atoms with Crippen molar-refractivity contribution >= 4 is 28.8 Å². The van der Waals surface area contributed by atoms with Gasteiger partial charge in [0, 0.05) is 6.04 Å². The number of ether oxygens (including phenoxy) is 1. The van der Waals surface area contributed by atoms with E-state index in [0.29, 0.717) is 5.75 Å². The molecule has 6 nitrogen and oxygen atoms in total. The summed E-state index contributed by atoms with van der Waals surface area (Å²) in [7, 11) is 0. The second-order valence-electron chi connectivity index (χ2n) is 6.45. The maximum atomic E-state index is 12.2. The summed E-state index contributed by atoms with van der Waals surface area (Å²) in [5.41, 5.74) is 1.12. The van der Waals surface area contributed by atoms with Gasteiger partial charge in [-0.1, -0.05) is 42.3 Å². The molecular formula is C18H22N2O4S. The highest BCUT2D eigenvalue weighted by atomic mass is 32.2. The zero-order valence-electron chi connectivity index (χ0n) is 14.2. The molecule has 3 rings (SSSR count). The van der Waals surface area contributed by atoms with E-state index in [2.05, 4.69) is 5.32 Å². The SMILES string of the molecule is Cc1ccc(OCC(=O)NC2CCCCC2N2C(=O)CSC2=O)cc1. The molecule has 3 amide bonds. The molecule has 0 radical (unpaired) electrons. The first kappa shape index (κ1) is 17.8. The summed E-state index contributed by atoms with van der Waals surface area (Å²) >= 11 is 1.04. The second kappa shape index (κ2) is 7.91. The Hall–Kier alpha value is -2.02. The van der Waals surface area contributed by atoms with Crippen molar-refractivity contribution in [3.05, 3.63) is 29.8 Å². The molecule has 1 saturated carbocycles. The highest BCUT2D eigenvalue weighted by molar-refractivity contribution is 8.14. The van der Waals surface area contributed by atoms with Crippen LogP contribution in [0.15, 0.2) is 24.3 Å². The highest BCUT2D eigenvalue weighted by Crippen LogP contribution is 2.30. The molecule has 2 fully saturated rings. The Balaban J connectivity index is 1.57. The summed E-state index contributed by atoms with van der Waals surface area (Å²) in [4.78, 5) is 37.6. The van der Waals surface area contributed by atoms with Crippen LogP contribution in [-0.4, -0.2) is 46.4 Å². The lowest BCUT2D eigenvalue weighted by molar-refractivity contribution is -0.129. The number of carbonyl (C=O) groups excluding carboxylic acids is 3. The Bertz CT molecular complexity index is 646. The molecule has 25 heavy (non-hydrogen) atoms. The van der Waals surface area contributed by atoms with E-state index < -0.39 is 0 Å². The van der Waals surface area contributed by atoms with E-state index in [1.807, 2.05) is 31.2 Å². The molecule has 1 aromatic carbocycles. The zero-order valence-corrected chi connectivity index (χ0v) is 15.0. The lowest BCUT2D eigenvalue weighted by atomic mass is 9.89. The number of carbonyl (C=O) groups is 3. The van der Waals surface area contributed by atoms with Crippen molar-refractivity contribution in [2.24, 2.45) is 0 Å². The largest absolute Gasteiger partial charge is 0.484 e. The Kier molecular flexibility index (Phi) is 5.63. The molecule has 134 valence electrons. The zero-order chi connectivity index (χ0) is 17.8. The monoisotopic (exact) mass is 362 g/mol. The van der Waals surface area contributed by atoms with Gasteiger partial charge in [-0.15, -0.1) is 0 Å². The first-order valence-electron chi connectivity index (χ1n) is 8.52. The van der Waals surface area contributed by atoms with Gasteiger partial charge >= 0.3 is 0 Å². The fourth-order valence-corrected chi connectivity index (χ4v) is 4.07. The van der Waals surface area contributed by atoms with Crippen LogP contribution in [-0.2, 0) is 9.59 Å². The summed E-state index contributed by atoms with van der Waals surface area (Å²) in [6, 6.07) is 7.05. The minimum atomic E-state index is -0.243. The van der Waals surface area contributed by atoms with Crippen molar-refractivity contribution in [2.45, 2.75) is 44.7 Å². The number of hydrogen-bond donors (Lipinski definition) is 1. The van der Waals surface area contributed by atoms with E-state index in [-0.39, 0.29) is 41.5 Å². The van der Waals surface area contributed by atoms with E-state index in [9.17, 15) is 14.4 Å². The third-order valence-corrected chi connectivity index (χ3v) is 5.42. The van der Waals surface area contributed by atoms with Crippen molar-refractivity contribution in [3.63, 3.8) is 0 Å². The first-order chi connectivity index (χ1) is 12.0. The number of thioether (sulfide) groups is 1. The normalized spacial score (nSPS) is 23.6. The average Bonchev–Trinajstić information content (AvgIpc) is 2.94. The molecule has 1 aromatic rings. The van der Waals surface area contributed by atoms with Gasteiger partial charge in [0.25, 0.3) is 11.1 Å². The molecule has 2 aliphatic rings. The van der Waals surface area contributed by atoms with Gasteiger partial charge in [-0.3, -0.25) is 19.3 Å². The standard InChI is InChI=1S/C18H22N2O4S/c1-12-6-8-13(9-7-12)24-10-16(21)19-14-4-2-3-5-15(14)20-17(22)11-25-18(20)23/h6-9,14-15H,2-5,10-11H2,1H3,(H,19,21). The Morgan fingerprint density at radius 1 is 1.24 bits per heavy atom. The predicted octanol–water partition coefficient (Wildman–Crippen LogP) is 2.50. The van der Waals surface area contributed by atoms with E-state index in [0.717, 1.165) is 43.0 Å². The maximum absolute atomic E-state index is 12.2. The summed E-state index contributed by atoms with van der Waals surface area (Å²) in [5, 5.41) is 2.75. The van der Waals surface area contributed by atoms with Crippen LogP contribution in [0, 0.1) is 6.92 Å². The minimum absolute atomic E-state index is 0.0804. The number of amides is 3. The van der Waals surface area contributed by atoms with Crippen molar-refractivity contribution < 1.29 is 19.1 Å². The van der Waals surface area contributed by atoms with E-state index >= 15 is 0 Å². The third-order valence-electron chi connectivity index (χ3n) is 4.58. The molecule has 1 saturated heterocycles. The molecule has 1 heterocycles. The number of rotatable bonds is 5. The van der Waals surface area contributed by atoms with Crippen LogP contribution >= 0.6 is 11.8 Å². The van der Waals surface area contributed by atoms with E-state index in [1.54, 1.807) is 0 Å². The van der Waals surface area contributed by atoms with Gasteiger partial charge in [0.1, 0.15) is 5.75 Å². The number of nitrogens with zero attached hydrogens (tertiary/aromatic N) is 1. The number of benzene rings is 1. The van der Waals surface area contributed by atoms with Gasteiger partial charge in [0.05, 0.1) is 11.8 Å². The second-order valence-corrected chi connectivity index (χ2v) is 7.37. The quantitative estimate of drug-likeness (QED) is 0.871. The lowest BCUT2D eigenvalue weighted by Crippen LogP contribution is -2.55. The van der Waals surface area contributed by atoms with E-state index in [1.165, 1.54) is 4.90 Å². The fourth-order valence-electron chi connectivity index (χ4n) is 3.31. The molecular weight excluding hydrogens is 340 g/mol. The minimum Gasteiger partial charge on any atom is -0.484 e. The Morgan fingerprint density at radius 3 is 2.64 bits per heavy atom. The van der Waals surface area contributed by atoms with Crippen molar-refractivity contribution in [2.75, 3.05) is 12.4 Å². The van der Waals surface area contributed by atoms with E-state index in [4.69, 9.17) is 4.74 Å². The van der Waals surface area contributed by atoms with Gasteiger partial charge < -0.3 is 10.1 Å². The van der Waals surface area contributed by atoms with Gasteiger partial charge in [-0.2, -0.15) is 0 Å². The Labute approximate surface area is 151 Å². The topological polar surface area (TPSA) is 75.7 Å². The van der Waals surface area contributed by atoms with Crippen LogP contribution in [0.3, 0.4) is 0 Å². The molecule has 0 bridgehead atoms. The molecule has 2 atom stereocenters. The van der Waals surface area contributed by atoms with Crippen molar-refractivity contribution in [1.82, 2.24) is 10.2 Å². The van der Waals surface area contributed by atoms with Crippen molar-refractivity contribution in [1.29, 1.82) is 0 Å². The van der Waals surface area contributed by atoms with Gasteiger partial charge in [-0.05, 0) is 31.9 Å². The lowest BCUT2D eigenvalue weighted by Gasteiger charge is -2.36. The van der Waals surface area contributed by atoms with Crippen LogP contribution in [0.2, 0.25) is 0 Å². The van der Waals surface area contributed by atoms with Crippen molar-refractivity contribution in [3.8, 4) is 5.75 Å². The number of imide groups is 1. The summed E-state index contributed by atoms with van der Waals surface area (Å²) in [6.45, 7) is 1.90. The van der Waals surface area contributed by atoms with Crippen LogP contribution in [0.1, 0.15) is 31.2 Å². The summed E-state index contributed by atoms with van der Waals surface area (Å²) in [5.74, 6) is 0.454. The molecule has 1 aliphatic heterocycles. The van der Waals surface area contributed by atoms with Crippen LogP contribution in [0.4, 0.5) is 4.79 Å². The molecule has 0 aromatic heterocycles. The molecule has 7 heteroatoms. The highest BCUT2D eigenvalue weighted by Gasteiger charge is 2.41. The van der Waals surface area contributed by atoms with Crippen LogP contribution in [0.25, 0.3) is 0 Å². The Morgan fingerprint density at radius 2 is 1.96 bits per heavy atom. The summed E-state index contributed by atoms with van der Waals surface area (Å²) < 4.78 is 5.50. The van der Waals surface area contributed by atoms with Gasteiger partial charge in [0.15, 0.2) is 6.61 Å². The van der Waals surface area contributed by atoms with Crippen LogP contribution in [0.5, 0.6) is 5.75 Å². The predicted molar refractivity (Wildman–Crippen MR) is 95.6 cm³/mol. The summed E-state index contributed by atoms with van der Waals surface area (Å²) in [6.07, 6.45) is 3.44. The van der Waals surface area contributed by atoms with Crippen LogP contribution < -0.4 is 10.1 Å². The number of hydrogen-bond acceptors (Lipinski definition) is 5. The maximum Gasteiger partial charge on any atom is 0.289 e. The molecule has 1 N–H and O–H groups in total. The first-order valence-corrected chi connectivity index (χ1v) is 9.51. The molecule has 1 aliphatic carbocycles. The third kappa shape index (κ3) is 4.34. The van der Waals surface area contributed by atoms with Gasteiger partial charge in [-0.25, -0.2) is 0 Å². The number of nitrogens with one attached hydrogen (secondary N) is 1. The fraction of sp³-hybridized carbons (Fsp3) is 0.500. The molecule has 2 unspecified atom stereocenters. The van der Waals surface area contributed by atoms with Gasteiger partial charge in [0.2, 0.25) is 5.91 Å². The number of aryl methyl sites for hydroxylation is 1. The molecule has 0 spiro atoms.